The van der Waals surface area contributed by atoms with Crippen molar-refractivity contribution < 1.29 is 9.21 Å². The monoisotopic (exact) mass is 209 g/mol. The van der Waals surface area contributed by atoms with Crippen LogP contribution in [0.5, 0.6) is 0 Å². The van der Waals surface area contributed by atoms with E-state index in [1.165, 1.54) is 0 Å². The van der Waals surface area contributed by atoms with Gasteiger partial charge in [-0.15, -0.1) is 0 Å². The molecule has 1 atom stereocenters. The van der Waals surface area contributed by atoms with E-state index >= 15 is 0 Å². The molecule has 0 aromatic carbocycles. The number of carbonyl (C=O) groups is 1. The standard InChI is InChI=1S/C12H19NO2/c1-4-13(5-2)12(10(3)14)9-11-7-6-8-15-11/h6-8,12H,4-5,9H2,1-3H3. The van der Waals surface area contributed by atoms with Gasteiger partial charge in [0.15, 0.2) is 0 Å². The summed E-state index contributed by atoms with van der Waals surface area (Å²) < 4.78 is 5.27. The molecule has 1 heterocycles. The maximum atomic E-state index is 11.5. The number of ketones is 1. The molecule has 1 aromatic heterocycles. The van der Waals surface area contributed by atoms with Gasteiger partial charge in [-0.05, 0) is 32.1 Å². The minimum atomic E-state index is -0.0499. The first-order chi connectivity index (χ1) is 7.19. The summed E-state index contributed by atoms with van der Waals surface area (Å²) in [7, 11) is 0. The molecule has 0 radical (unpaired) electrons. The average Bonchev–Trinajstić information content (AvgIpc) is 2.70. The van der Waals surface area contributed by atoms with E-state index < -0.39 is 0 Å². The lowest BCUT2D eigenvalue weighted by Gasteiger charge is -2.26. The zero-order valence-electron chi connectivity index (χ0n) is 9.69. The fraction of sp³-hybridized carbons (Fsp3) is 0.583. The van der Waals surface area contributed by atoms with E-state index in [0.29, 0.717) is 6.42 Å². The van der Waals surface area contributed by atoms with Crippen LogP contribution >= 0.6 is 0 Å². The smallest absolute Gasteiger partial charge is 0.147 e. The summed E-state index contributed by atoms with van der Waals surface area (Å²) in [4.78, 5) is 13.7. The molecular weight excluding hydrogens is 190 g/mol. The molecule has 0 saturated heterocycles. The second-order valence-corrected chi connectivity index (χ2v) is 3.63. The third-order valence-electron chi connectivity index (χ3n) is 2.70. The third kappa shape index (κ3) is 3.20. The molecule has 0 bridgehead atoms. The van der Waals surface area contributed by atoms with Gasteiger partial charge in [0.05, 0.1) is 12.3 Å². The van der Waals surface area contributed by atoms with Gasteiger partial charge in [-0.2, -0.15) is 0 Å². The van der Waals surface area contributed by atoms with Crippen molar-refractivity contribution in [3.8, 4) is 0 Å². The van der Waals surface area contributed by atoms with Crippen molar-refractivity contribution in [1.82, 2.24) is 4.90 Å². The minimum Gasteiger partial charge on any atom is -0.469 e. The summed E-state index contributed by atoms with van der Waals surface area (Å²) in [6.45, 7) is 7.57. The Balaban J connectivity index is 2.70. The van der Waals surface area contributed by atoms with Gasteiger partial charge in [0.25, 0.3) is 0 Å². The first-order valence-electron chi connectivity index (χ1n) is 5.45. The van der Waals surface area contributed by atoms with Crippen LogP contribution in [0.2, 0.25) is 0 Å². The summed E-state index contributed by atoms with van der Waals surface area (Å²) in [5.74, 6) is 1.08. The predicted molar refractivity (Wildman–Crippen MR) is 59.8 cm³/mol. The number of furan rings is 1. The van der Waals surface area contributed by atoms with E-state index in [9.17, 15) is 4.79 Å². The maximum absolute atomic E-state index is 11.5. The first-order valence-corrected chi connectivity index (χ1v) is 5.45. The van der Waals surface area contributed by atoms with Crippen molar-refractivity contribution in [2.45, 2.75) is 33.2 Å². The Morgan fingerprint density at radius 3 is 2.53 bits per heavy atom. The van der Waals surface area contributed by atoms with Gasteiger partial charge in [-0.3, -0.25) is 9.69 Å². The SMILES string of the molecule is CCN(CC)C(Cc1ccco1)C(C)=O. The van der Waals surface area contributed by atoms with Crippen molar-refractivity contribution >= 4 is 5.78 Å². The third-order valence-corrected chi connectivity index (χ3v) is 2.70. The number of likely N-dealkylation sites (N-methyl/N-ethyl adjacent to an activating group) is 1. The Morgan fingerprint density at radius 1 is 1.47 bits per heavy atom. The molecule has 15 heavy (non-hydrogen) atoms. The van der Waals surface area contributed by atoms with Crippen LogP contribution in [-0.2, 0) is 11.2 Å². The van der Waals surface area contributed by atoms with Crippen LogP contribution < -0.4 is 0 Å². The summed E-state index contributed by atoms with van der Waals surface area (Å²) in [5.41, 5.74) is 0. The molecule has 0 fully saturated rings. The molecule has 3 heteroatoms. The van der Waals surface area contributed by atoms with Gasteiger partial charge in [0, 0.05) is 6.42 Å². The Kier molecular flexibility index (Phi) is 4.56. The van der Waals surface area contributed by atoms with Crippen molar-refractivity contribution in [2.75, 3.05) is 13.1 Å². The molecule has 1 aromatic rings. The average molecular weight is 209 g/mol. The second kappa shape index (κ2) is 5.71. The summed E-state index contributed by atoms with van der Waals surface area (Å²) in [6, 6.07) is 3.72. The van der Waals surface area contributed by atoms with Gasteiger partial charge in [0.1, 0.15) is 11.5 Å². The van der Waals surface area contributed by atoms with Crippen molar-refractivity contribution in [3.63, 3.8) is 0 Å². The van der Waals surface area contributed by atoms with E-state index in [-0.39, 0.29) is 11.8 Å². The molecular formula is C12H19NO2. The molecule has 0 saturated carbocycles. The van der Waals surface area contributed by atoms with Crippen LogP contribution in [0.3, 0.4) is 0 Å². The first kappa shape index (κ1) is 12.0. The van der Waals surface area contributed by atoms with Crippen molar-refractivity contribution in [3.05, 3.63) is 24.2 Å². The Morgan fingerprint density at radius 2 is 2.13 bits per heavy atom. The van der Waals surface area contributed by atoms with Crippen molar-refractivity contribution in [2.24, 2.45) is 0 Å². The number of rotatable bonds is 6. The lowest BCUT2D eigenvalue weighted by molar-refractivity contribution is -0.122. The van der Waals surface area contributed by atoms with Crippen LogP contribution in [0, 0.1) is 0 Å². The highest BCUT2D eigenvalue weighted by molar-refractivity contribution is 5.81. The van der Waals surface area contributed by atoms with Crippen LogP contribution in [0.4, 0.5) is 0 Å². The molecule has 3 nitrogen and oxygen atoms in total. The zero-order chi connectivity index (χ0) is 11.3. The number of carbonyl (C=O) groups excluding carboxylic acids is 1. The molecule has 0 spiro atoms. The lowest BCUT2D eigenvalue weighted by atomic mass is 10.1. The molecule has 1 rings (SSSR count). The number of hydrogen-bond acceptors (Lipinski definition) is 3. The summed E-state index contributed by atoms with van der Waals surface area (Å²) in [6.07, 6.45) is 2.32. The molecule has 1 unspecified atom stereocenters. The highest BCUT2D eigenvalue weighted by Gasteiger charge is 2.21. The second-order valence-electron chi connectivity index (χ2n) is 3.63. The normalized spacial score (nSPS) is 13.1. The summed E-state index contributed by atoms with van der Waals surface area (Å²) in [5, 5.41) is 0. The van der Waals surface area contributed by atoms with Gasteiger partial charge >= 0.3 is 0 Å². The topological polar surface area (TPSA) is 33.5 Å². The Bertz CT molecular complexity index is 289. The largest absolute Gasteiger partial charge is 0.469 e. The molecule has 0 aliphatic carbocycles. The van der Waals surface area contributed by atoms with E-state index in [2.05, 4.69) is 18.7 Å². The molecule has 84 valence electrons. The van der Waals surface area contributed by atoms with E-state index in [0.717, 1.165) is 18.8 Å². The number of hydrogen-bond donors (Lipinski definition) is 0. The van der Waals surface area contributed by atoms with Crippen LogP contribution in [0.25, 0.3) is 0 Å². The maximum Gasteiger partial charge on any atom is 0.147 e. The van der Waals surface area contributed by atoms with Gasteiger partial charge in [0.2, 0.25) is 0 Å². The molecule has 0 amide bonds. The fourth-order valence-electron chi connectivity index (χ4n) is 1.81. The van der Waals surface area contributed by atoms with E-state index in [4.69, 9.17) is 4.42 Å². The highest BCUT2D eigenvalue weighted by Crippen LogP contribution is 2.10. The molecule has 0 N–H and O–H groups in total. The minimum absolute atomic E-state index is 0.0499. The van der Waals surface area contributed by atoms with Crippen LogP contribution in [-0.4, -0.2) is 29.8 Å². The van der Waals surface area contributed by atoms with E-state index in [1.54, 1.807) is 13.2 Å². The fourth-order valence-corrected chi connectivity index (χ4v) is 1.81. The lowest BCUT2D eigenvalue weighted by Crippen LogP contribution is -2.41. The number of Topliss-reactive ketones (excluding diaryl/α,β-unsaturated/α-hetero) is 1. The van der Waals surface area contributed by atoms with Gasteiger partial charge in [-0.1, -0.05) is 13.8 Å². The zero-order valence-corrected chi connectivity index (χ0v) is 9.69. The molecule has 0 aliphatic heterocycles. The van der Waals surface area contributed by atoms with Gasteiger partial charge < -0.3 is 4.42 Å². The van der Waals surface area contributed by atoms with Crippen molar-refractivity contribution in [1.29, 1.82) is 0 Å². The number of nitrogens with zero attached hydrogens (tertiary/aromatic N) is 1. The predicted octanol–water partition coefficient (Wildman–Crippen LogP) is 2.12. The van der Waals surface area contributed by atoms with Gasteiger partial charge in [-0.25, -0.2) is 0 Å². The Hall–Kier alpha value is -1.09. The Labute approximate surface area is 91.1 Å². The quantitative estimate of drug-likeness (QED) is 0.719. The summed E-state index contributed by atoms with van der Waals surface area (Å²) >= 11 is 0. The molecule has 0 aliphatic rings. The van der Waals surface area contributed by atoms with E-state index in [1.807, 2.05) is 12.1 Å². The van der Waals surface area contributed by atoms with Crippen LogP contribution in [0.15, 0.2) is 22.8 Å². The van der Waals surface area contributed by atoms with Crippen LogP contribution in [0.1, 0.15) is 26.5 Å². The highest BCUT2D eigenvalue weighted by atomic mass is 16.3.